The lowest BCUT2D eigenvalue weighted by Gasteiger charge is -2.25. The summed E-state index contributed by atoms with van der Waals surface area (Å²) in [6, 6.07) is 0. The van der Waals surface area contributed by atoms with Crippen LogP contribution in [0, 0.1) is 5.41 Å². The van der Waals surface area contributed by atoms with E-state index in [1.165, 1.54) is 0 Å². The molecule has 0 aromatic heterocycles. The lowest BCUT2D eigenvalue weighted by molar-refractivity contribution is -0.121. The molecule has 0 fully saturated rings. The molecule has 4 heteroatoms. The summed E-state index contributed by atoms with van der Waals surface area (Å²) >= 11 is 0. The zero-order valence-electron chi connectivity index (χ0n) is 12.1. The Kier molecular flexibility index (Phi) is 6.72. The van der Waals surface area contributed by atoms with Crippen LogP contribution in [0.25, 0.3) is 0 Å². The van der Waals surface area contributed by atoms with Crippen LogP contribution in [-0.2, 0) is 9.53 Å². The van der Waals surface area contributed by atoms with Crippen LogP contribution in [0.3, 0.4) is 0 Å². The predicted molar refractivity (Wildman–Crippen MR) is 71.0 cm³/mol. The molecule has 1 amide bonds. The third kappa shape index (κ3) is 10.3. The van der Waals surface area contributed by atoms with Gasteiger partial charge in [0.05, 0.1) is 6.54 Å². The maximum atomic E-state index is 11.6. The highest BCUT2D eigenvalue weighted by atomic mass is 16.5. The number of ether oxygens (including phenoxy) is 1. The largest absolute Gasteiger partial charge is 0.385 e. The van der Waals surface area contributed by atoms with Crippen molar-refractivity contribution in [2.75, 3.05) is 26.8 Å². The van der Waals surface area contributed by atoms with Crippen molar-refractivity contribution in [1.82, 2.24) is 10.6 Å². The van der Waals surface area contributed by atoms with Crippen LogP contribution in [0.5, 0.6) is 0 Å². The number of hydrogen-bond acceptors (Lipinski definition) is 3. The van der Waals surface area contributed by atoms with E-state index in [4.69, 9.17) is 4.74 Å². The van der Waals surface area contributed by atoms with Crippen LogP contribution in [0.1, 0.15) is 41.0 Å². The first-order chi connectivity index (χ1) is 7.66. The number of amides is 1. The summed E-state index contributed by atoms with van der Waals surface area (Å²) in [6.45, 7) is 12.2. The van der Waals surface area contributed by atoms with Crippen LogP contribution in [0.4, 0.5) is 0 Å². The first-order valence-corrected chi connectivity index (χ1v) is 6.17. The fourth-order valence-corrected chi connectivity index (χ4v) is 1.21. The molecule has 0 aliphatic heterocycles. The molecule has 2 N–H and O–H groups in total. The summed E-state index contributed by atoms with van der Waals surface area (Å²) in [5.41, 5.74) is 0.0519. The highest BCUT2D eigenvalue weighted by Crippen LogP contribution is 2.18. The van der Waals surface area contributed by atoms with Crippen LogP contribution in [0.15, 0.2) is 0 Å². The molecule has 0 aromatic rings. The molecule has 17 heavy (non-hydrogen) atoms. The molecular weight excluding hydrogens is 216 g/mol. The molecular formula is C13H28N2O2. The van der Waals surface area contributed by atoms with Gasteiger partial charge in [0.15, 0.2) is 0 Å². The van der Waals surface area contributed by atoms with Crippen molar-refractivity contribution in [2.45, 2.75) is 46.6 Å². The second kappa shape index (κ2) is 6.97. The van der Waals surface area contributed by atoms with Gasteiger partial charge in [0, 0.05) is 25.8 Å². The Morgan fingerprint density at radius 1 is 1.18 bits per heavy atom. The van der Waals surface area contributed by atoms with Gasteiger partial charge in [-0.3, -0.25) is 4.79 Å². The number of rotatable bonds is 7. The molecule has 0 saturated carbocycles. The van der Waals surface area contributed by atoms with Crippen LogP contribution < -0.4 is 10.6 Å². The molecule has 0 saturated heterocycles. The van der Waals surface area contributed by atoms with Crippen molar-refractivity contribution in [3.8, 4) is 0 Å². The lowest BCUT2D eigenvalue weighted by atomic mass is 9.90. The molecule has 0 aliphatic carbocycles. The predicted octanol–water partition coefficient (Wildman–Crippen LogP) is 1.55. The van der Waals surface area contributed by atoms with E-state index in [2.05, 4.69) is 24.5 Å². The number of carbonyl (C=O) groups excluding carboxylic acids is 1. The van der Waals surface area contributed by atoms with Crippen molar-refractivity contribution in [1.29, 1.82) is 0 Å². The standard InChI is InChI=1S/C13H28N2O2/c1-12(2,3)15-9-11(16)14-10-13(4,5)7-8-17-6/h15H,7-10H2,1-6H3,(H,14,16). The third-order valence-corrected chi connectivity index (χ3v) is 2.53. The minimum absolute atomic E-state index is 0.0249. The molecule has 4 nitrogen and oxygen atoms in total. The SMILES string of the molecule is COCCC(C)(C)CNC(=O)CNC(C)(C)C. The lowest BCUT2D eigenvalue weighted by Crippen LogP contribution is -2.45. The van der Waals surface area contributed by atoms with Gasteiger partial charge in [-0.15, -0.1) is 0 Å². The Hall–Kier alpha value is -0.610. The topological polar surface area (TPSA) is 50.4 Å². The van der Waals surface area contributed by atoms with Crippen LogP contribution in [-0.4, -0.2) is 38.3 Å². The summed E-state index contributed by atoms with van der Waals surface area (Å²) in [4.78, 5) is 11.6. The first kappa shape index (κ1) is 16.4. The highest BCUT2D eigenvalue weighted by molar-refractivity contribution is 5.78. The van der Waals surface area contributed by atoms with Gasteiger partial charge in [0.1, 0.15) is 0 Å². The summed E-state index contributed by atoms with van der Waals surface area (Å²) in [7, 11) is 1.70. The van der Waals surface area contributed by atoms with Gasteiger partial charge in [0.2, 0.25) is 5.91 Å². The van der Waals surface area contributed by atoms with Crippen molar-refractivity contribution in [3.63, 3.8) is 0 Å². The normalized spacial score (nSPS) is 12.6. The molecule has 0 radical (unpaired) electrons. The van der Waals surface area contributed by atoms with Gasteiger partial charge in [0.25, 0.3) is 0 Å². The molecule has 0 bridgehead atoms. The maximum absolute atomic E-state index is 11.6. The van der Waals surface area contributed by atoms with Gasteiger partial charge in [-0.1, -0.05) is 13.8 Å². The number of hydrogen-bond donors (Lipinski definition) is 2. The van der Waals surface area contributed by atoms with Gasteiger partial charge >= 0.3 is 0 Å². The van der Waals surface area contributed by atoms with Crippen LogP contribution >= 0.6 is 0 Å². The number of carbonyl (C=O) groups is 1. The Balaban J connectivity index is 3.83. The molecule has 0 spiro atoms. The molecule has 0 aliphatic rings. The van der Waals surface area contributed by atoms with E-state index in [-0.39, 0.29) is 16.9 Å². The second-order valence-electron chi connectivity index (χ2n) is 6.29. The average Bonchev–Trinajstić information content (AvgIpc) is 2.20. The Morgan fingerprint density at radius 3 is 2.24 bits per heavy atom. The quantitative estimate of drug-likeness (QED) is 0.714. The number of methoxy groups -OCH3 is 1. The van der Waals surface area contributed by atoms with Gasteiger partial charge in [-0.25, -0.2) is 0 Å². The fourth-order valence-electron chi connectivity index (χ4n) is 1.21. The van der Waals surface area contributed by atoms with Crippen molar-refractivity contribution >= 4 is 5.91 Å². The summed E-state index contributed by atoms with van der Waals surface area (Å²) in [5.74, 6) is 0.0467. The van der Waals surface area contributed by atoms with Gasteiger partial charge in [-0.2, -0.15) is 0 Å². The van der Waals surface area contributed by atoms with Crippen molar-refractivity contribution in [2.24, 2.45) is 5.41 Å². The van der Waals surface area contributed by atoms with E-state index < -0.39 is 0 Å². The second-order valence-corrected chi connectivity index (χ2v) is 6.29. The fraction of sp³-hybridized carbons (Fsp3) is 0.923. The average molecular weight is 244 g/mol. The molecule has 0 atom stereocenters. The maximum Gasteiger partial charge on any atom is 0.233 e. The van der Waals surface area contributed by atoms with E-state index in [0.717, 1.165) is 13.0 Å². The van der Waals surface area contributed by atoms with E-state index in [0.29, 0.717) is 13.1 Å². The summed E-state index contributed by atoms with van der Waals surface area (Å²) < 4.78 is 5.05. The zero-order chi connectivity index (χ0) is 13.5. The minimum atomic E-state index is -0.0249. The molecule has 102 valence electrons. The van der Waals surface area contributed by atoms with Gasteiger partial charge < -0.3 is 15.4 Å². The Labute approximate surface area is 105 Å². The van der Waals surface area contributed by atoms with E-state index in [9.17, 15) is 4.79 Å². The third-order valence-electron chi connectivity index (χ3n) is 2.53. The Bertz CT molecular complexity index is 232. The molecule has 0 rings (SSSR count). The first-order valence-electron chi connectivity index (χ1n) is 6.17. The smallest absolute Gasteiger partial charge is 0.233 e. The summed E-state index contributed by atoms with van der Waals surface area (Å²) in [5, 5.41) is 6.11. The molecule has 0 heterocycles. The van der Waals surface area contributed by atoms with E-state index >= 15 is 0 Å². The van der Waals surface area contributed by atoms with Crippen molar-refractivity contribution < 1.29 is 9.53 Å². The highest BCUT2D eigenvalue weighted by Gasteiger charge is 2.19. The monoisotopic (exact) mass is 244 g/mol. The van der Waals surface area contributed by atoms with Gasteiger partial charge in [-0.05, 0) is 32.6 Å². The van der Waals surface area contributed by atoms with E-state index in [1.54, 1.807) is 7.11 Å². The zero-order valence-corrected chi connectivity index (χ0v) is 12.1. The minimum Gasteiger partial charge on any atom is -0.385 e. The van der Waals surface area contributed by atoms with Crippen molar-refractivity contribution in [3.05, 3.63) is 0 Å². The van der Waals surface area contributed by atoms with Crippen LogP contribution in [0.2, 0.25) is 0 Å². The molecule has 0 aromatic carbocycles. The Morgan fingerprint density at radius 2 is 1.76 bits per heavy atom. The molecule has 0 unspecified atom stereocenters. The number of nitrogens with one attached hydrogen (secondary N) is 2. The van der Waals surface area contributed by atoms with E-state index in [1.807, 2.05) is 20.8 Å². The summed E-state index contributed by atoms with van der Waals surface area (Å²) in [6.07, 6.45) is 0.941.